The van der Waals surface area contributed by atoms with Crippen LogP contribution in [0.3, 0.4) is 0 Å². The molecule has 2 amide bonds. The molecule has 1 aromatic carbocycles. The Morgan fingerprint density at radius 2 is 2.04 bits per heavy atom. The van der Waals surface area contributed by atoms with Gasteiger partial charge in [-0.1, -0.05) is 29.3 Å². The van der Waals surface area contributed by atoms with Crippen LogP contribution in [0.4, 0.5) is 9.80 Å². The Kier molecular flexibility index (Phi) is 6.36. The van der Waals surface area contributed by atoms with Gasteiger partial charge in [-0.25, -0.2) is 15.0 Å². The Balaban J connectivity index is 1.71. The predicted molar refractivity (Wildman–Crippen MR) is 109 cm³/mol. The van der Waals surface area contributed by atoms with Crippen LogP contribution < -0.4 is 10.7 Å². The minimum atomic E-state index is -0.555. The lowest BCUT2D eigenvalue weighted by molar-refractivity contribution is 0.0601. The van der Waals surface area contributed by atoms with Crippen LogP contribution in [-0.4, -0.2) is 25.3 Å². The van der Waals surface area contributed by atoms with Crippen molar-refractivity contribution in [3.05, 3.63) is 49.8 Å². The Morgan fingerprint density at radius 3 is 2.78 bits per heavy atom. The number of fused-ring (bicyclic) bond motifs is 1. The number of thiophene rings is 1. The van der Waals surface area contributed by atoms with E-state index in [0.29, 0.717) is 26.2 Å². The van der Waals surface area contributed by atoms with E-state index in [-0.39, 0.29) is 0 Å². The first kappa shape index (κ1) is 19.7. The third kappa shape index (κ3) is 4.61. The normalized spacial score (nSPS) is 13.3. The molecule has 1 aromatic heterocycles. The van der Waals surface area contributed by atoms with Gasteiger partial charge in [0.25, 0.3) is 0 Å². The number of nitrogens with zero attached hydrogens (tertiary/aromatic N) is 1. The van der Waals surface area contributed by atoms with Gasteiger partial charge in [-0.2, -0.15) is 5.10 Å². The number of methoxy groups -OCH3 is 1. The summed E-state index contributed by atoms with van der Waals surface area (Å²) in [6, 6.07) is 4.40. The number of carbonyl (C=O) groups is 2. The molecule has 142 valence electrons. The summed E-state index contributed by atoms with van der Waals surface area (Å²) in [6.07, 6.45) is 5.23. The van der Waals surface area contributed by atoms with Crippen LogP contribution in [0.25, 0.3) is 0 Å². The molecule has 1 heterocycles. The van der Waals surface area contributed by atoms with Gasteiger partial charge >= 0.3 is 12.0 Å². The van der Waals surface area contributed by atoms with Gasteiger partial charge in [0.2, 0.25) is 0 Å². The number of rotatable bonds is 4. The third-order valence-corrected chi connectivity index (χ3v) is 5.89. The van der Waals surface area contributed by atoms with E-state index >= 15 is 0 Å². The second kappa shape index (κ2) is 8.73. The van der Waals surface area contributed by atoms with E-state index in [1.807, 2.05) is 0 Å². The van der Waals surface area contributed by atoms with Gasteiger partial charge in [-0.05, 0) is 43.4 Å². The molecule has 1 aliphatic carbocycles. The van der Waals surface area contributed by atoms with E-state index < -0.39 is 12.0 Å². The monoisotopic (exact) mass is 425 g/mol. The first-order chi connectivity index (χ1) is 13.0. The third-order valence-electron chi connectivity index (χ3n) is 4.12. The number of benzene rings is 1. The first-order valence-electron chi connectivity index (χ1n) is 8.27. The standard InChI is InChI=1S/C18H17Cl2N3O3S/c1-26-17(24)15-12-4-2-3-5-14(12)27-16(15)22-18(25)23-21-9-10-6-7-11(19)8-13(10)20/h6-9H,2-5H2,1H3,(H2,22,23,25). The number of esters is 1. The van der Waals surface area contributed by atoms with Crippen LogP contribution in [-0.2, 0) is 17.6 Å². The molecule has 0 saturated carbocycles. The topological polar surface area (TPSA) is 79.8 Å². The molecule has 6 nitrogen and oxygen atoms in total. The fourth-order valence-corrected chi connectivity index (χ4v) is 4.60. The number of nitrogens with one attached hydrogen (secondary N) is 2. The lowest BCUT2D eigenvalue weighted by Crippen LogP contribution is -2.25. The molecule has 3 rings (SSSR count). The average Bonchev–Trinajstić information content (AvgIpc) is 3.00. The summed E-state index contributed by atoms with van der Waals surface area (Å²) in [5, 5.41) is 7.99. The summed E-state index contributed by atoms with van der Waals surface area (Å²) >= 11 is 13.3. The number of carbonyl (C=O) groups excluding carboxylic acids is 2. The number of hydrogen-bond acceptors (Lipinski definition) is 5. The number of hydrazone groups is 1. The van der Waals surface area contributed by atoms with Gasteiger partial charge in [0.15, 0.2) is 0 Å². The number of urea groups is 1. The van der Waals surface area contributed by atoms with Crippen molar-refractivity contribution in [2.24, 2.45) is 5.10 Å². The molecule has 1 aliphatic rings. The minimum Gasteiger partial charge on any atom is -0.465 e. The molecular weight excluding hydrogens is 409 g/mol. The van der Waals surface area contributed by atoms with Gasteiger partial charge < -0.3 is 4.74 Å². The Labute approximate surface area is 170 Å². The van der Waals surface area contributed by atoms with Crippen molar-refractivity contribution < 1.29 is 14.3 Å². The highest BCUT2D eigenvalue weighted by Crippen LogP contribution is 2.38. The smallest absolute Gasteiger partial charge is 0.341 e. The molecule has 0 atom stereocenters. The molecule has 2 aromatic rings. The maximum absolute atomic E-state index is 12.2. The maximum Gasteiger partial charge on any atom is 0.341 e. The van der Waals surface area contributed by atoms with E-state index in [1.54, 1.807) is 18.2 Å². The van der Waals surface area contributed by atoms with Crippen molar-refractivity contribution >= 4 is 57.8 Å². The fourth-order valence-electron chi connectivity index (χ4n) is 2.87. The van der Waals surface area contributed by atoms with E-state index in [9.17, 15) is 9.59 Å². The summed E-state index contributed by atoms with van der Waals surface area (Å²) in [7, 11) is 1.33. The lowest BCUT2D eigenvalue weighted by Gasteiger charge is -2.11. The van der Waals surface area contributed by atoms with Crippen LogP contribution in [0.15, 0.2) is 23.3 Å². The van der Waals surface area contributed by atoms with Crippen LogP contribution >= 0.6 is 34.5 Å². The predicted octanol–water partition coefficient (Wildman–Crippen LogP) is 4.88. The molecule has 0 bridgehead atoms. The second-order valence-electron chi connectivity index (χ2n) is 5.90. The highest BCUT2D eigenvalue weighted by molar-refractivity contribution is 7.17. The molecule has 9 heteroatoms. The van der Waals surface area contributed by atoms with Gasteiger partial charge in [-0.3, -0.25) is 5.32 Å². The summed E-state index contributed by atoms with van der Waals surface area (Å²) in [5.41, 5.74) is 4.40. The molecule has 0 saturated heterocycles. The maximum atomic E-state index is 12.2. The SMILES string of the molecule is COC(=O)c1c(NC(=O)NN=Cc2ccc(Cl)cc2Cl)sc2c1CCCC2. The van der Waals surface area contributed by atoms with E-state index in [0.717, 1.165) is 36.1 Å². The number of amides is 2. The molecule has 2 N–H and O–H groups in total. The Hall–Kier alpha value is -2.09. The Morgan fingerprint density at radius 1 is 1.26 bits per heavy atom. The van der Waals surface area contributed by atoms with Crippen molar-refractivity contribution in [2.45, 2.75) is 25.7 Å². The van der Waals surface area contributed by atoms with Gasteiger partial charge in [0, 0.05) is 15.5 Å². The van der Waals surface area contributed by atoms with Crippen LogP contribution in [0, 0.1) is 0 Å². The number of hydrogen-bond donors (Lipinski definition) is 2. The number of ether oxygens (including phenoxy) is 1. The summed E-state index contributed by atoms with van der Waals surface area (Å²) < 4.78 is 4.89. The summed E-state index contributed by atoms with van der Waals surface area (Å²) in [6.45, 7) is 0. The fraction of sp³-hybridized carbons (Fsp3) is 0.278. The minimum absolute atomic E-state index is 0.423. The zero-order valence-corrected chi connectivity index (χ0v) is 16.8. The van der Waals surface area contributed by atoms with E-state index in [1.165, 1.54) is 24.7 Å². The van der Waals surface area contributed by atoms with Gasteiger partial charge in [0.05, 0.1) is 23.9 Å². The highest BCUT2D eigenvalue weighted by Gasteiger charge is 2.26. The molecule has 0 unspecified atom stereocenters. The molecule has 27 heavy (non-hydrogen) atoms. The molecular formula is C18H17Cl2N3O3S. The van der Waals surface area contributed by atoms with Crippen LogP contribution in [0.5, 0.6) is 0 Å². The average molecular weight is 426 g/mol. The lowest BCUT2D eigenvalue weighted by atomic mass is 9.95. The van der Waals surface area contributed by atoms with Crippen molar-refractivity contribution in [2.75, 3.05) is 12.4 Å². The van der Waals surface area contributed by atoms with Crippen LogP contribution in [0.1, 0.15) is 39.2 Å². The first-order valence-corrected chi connectivity index (χ1v) is 9.84. The number of anilines is 1. The molecule has 0 radical (unpaired) electrons. The number of halogens is 2. The largest absolute Gasteiger partial charge is 0.465 e. The molecule has 0 spiro atoms. The summed E-state index contributed by atoms with van der Waals surface area (Å²) in [4.78, 5) is 25.5. The Bertz CT molecular complexity index is 911. The van der Waals surface area contributed by atoms with Gasteiger partial charge in [-0.15, -0.1) is 11.3 Å². The van der Waals surface area contributed by atoms with Crippen molar-refractivity contribution in [3.8, 4) is 0 Å². The zero-order valence-electron chi connectivity index (χ0n) is 14.5. The van der Waals surface area contributed by atoms with E-state index in [4.69, 9.17) is 27.9 Å². The van der Waals surface area contributed by atoms with Crippen molar-refractivity contribution in [1.29, 1.82) is 0 Å². The quantitative estimate of drug-likeness (QED) is 0.416. The van der Waals surface area contributed by atoms with Crippen molar-refractivity contribution in [1.82, 2.24) is 5.43 Å². The molecule has 0 fully saturated rings. The van der Waals surface area contributed by atoms with Gasteiger partial charge in [0.1, 0.15) is 5.00 Å². The zero-order chi connectivity index (χ0) is 19.4. The second-order valence-corrected chi connectivity index (χ2v) is 7.85. The summed E-state index contributed by atoms with van der Waals surface area (Å²) in [5.74, 6) is -0.443. The molecule has 0 aliphatic heterocycles. The van der Waals surface area contributed by atoms with E-state index in [2.05, 4.69) is 15.8 Å². The number of aryl methyl sites for hydroxylation is 1. The van der Waals surface area contributed by atoms with Crippen LogP contribution in [0.2, 0.25) is 10.0 Å². The highest BCUT2D eigenvalue weighted by atomic mass is 35.5. The van der Waals surface area contributed by atoms with Crippen molar-refractivity contribution in [3.63, 3.8) is 0 Å².